The number of carbonyl (C=O) groups is 1. The first kappa shape index (κ1) is 15.0. The van der Waals surface area contributed by atoms with Crippen LogP contribution < -0.4 is 4.74 Å². The van der Waals surface area contributed by atoms with Crippen LogP contribution in [0.25, 0.3) is 0 Å². The van der Waals surface area contributed by atoms with Gasteiger partial charge in [-0.2, -0.15) is 0 Å². The van der Waals surface area contributed by atoms with E-state index in [1.807, 2.05) is 0 Å². The van der Waals surface area contributed by atoms with Crippen LogP contribution in [-0.2, 0) is 16.0 Å². The SMILES string of the molecule is COC(=O)Cc1nc(OC(F)(F)F)c(I)cc1C. The summed E-state index contributed by atoms with van der Waals surface area (Å²) in [6.45, 7) is 1.64. The number of carbonyl (C=O) groups excluding carboxylic acids is 1. The summed E-state index contributed by atoms with van der Waals surface area (Å²) in [5.41, 5.74) is 0.792. The lowest BCUT2D eigenvalue weighted by molar-refractivity contribution is -0.276. The second-order valence-electron chi connectivity index (χ2n) is 3.34. The van der Waals surface area contributed by atoms with Crippen LogP contribution >= 0.6 is 22.6 Å². The van der Waals surface area contributed by atoms with Crippen molar-refractivity contribution in [2.45, 2.75) is 19.7 Å². The number of methoxy groups -OCH3 is 1. The third-order valence-electron chi connectivity index (χ3n) is 1.99. The van der Waals surface area contributed by atoms with Crippen LogP contribution in [0.5, 0.6) is 5.88 Å². The van der Waals surface area contributed by atoms with Crippen LogP contribution in [0, 0.1) is 10.5 Å². The van der Waals surface area contributed by atoms with Gasteiger partial charge in [0.25, 0.3) is 0 Å². The Morgan fingerprint density at radius 3 is 2.61 bits per heavy atom. The molecule has 1 rings (SSSR count). The number of aryl methyl sites for hydroxylation is 1. The molecule has 0 unspecified atom stereocenters. The fraction of sp³-hybridized carbons (Fsp3) is 0.400. The van der Waals surface area contributed by atoms with E-state index in [0.29, 0.717) is 5.56 Å². The van der Waals surface area contributed by atoms with Crippen LogP contribution in [-0.4, -0.2) is 24.4 Å². The molecule has 1 aromatic heterocycles. The smallest absolute Gasteiger partial charge is 0.469 e. The first-order chi connectivity index (χ1) is 8.23. The Labute approximate surface area is 115 Å². The molecule has 0 aliphatic heterocycles. The Balaban J connectivity index is 3.06. The highest BCUT2D eigenvalue weighted by Gasteiger charge is 2.33. The molecule has 100 valence electrons. The molecule has 1 heterocycles. The quantitative estimate of drug-likeness (QED) is 0.602. The lowest BCUT2D eigenvalue weighted by Crippen LogP contribution is -2.19. The number of ether oxygens (including phenoxy) is 2. The van der Waals surface area contributed by atoms with Crippen molar-refractivity contribution in [2.24, 2.45) is 0 Å². The Bertz CT molecular complexity index is 462. The maximum atomic E-state index is 12.1. The van der Waals surface area contributed by atoms with Gasteiger partial charge >= 0.3 is 12.3 Å². The first-order valence-electron chi connectivity index (χ1n) is 4.71. The fourth-order valence-corrected chi connectivity index (χ4v) is 1.87. The third-order valence-corrected chi connectivity index (χ3v) is 2.76. The van der Waals surface area contributed by atoms with E-state index >= 15 is 0 Å². The molecule has 0 saturated carbocycles. The monoisotopic (exact) mass is 375 g/mol. The summed E-state index contributed by atoms with van der Waals surface area (Å²) < 4.78 is 44.8. The van der Waals surface area contributed by atoms with Crippen LogP contribution in [0.4, 0.5) is 13.2 Å². The number of pyridine rings is 1. The fourth-order valence-electron chi connectivity index (χ4n) is 1.17. The highest BCUT2D eigenvalue weighted by Crippen LogP contribution is 2.27. The average molecular weight is 375 g/mol. The van der Waals surface area contributed by atoms with Crippen molar-refractivity contribution in [3.05, 3.63) is 20.9 Å². The van der Waals surface area contributed by atoms with E-state index in [-0.39, 0.29) is 15.7 Å². The zero-order valence-corrected chi connectivity index (χ0v) is 11.6. The van der Waals surface area contributed by atoms with E-state index in [2.05, 4.69) is 14.5 Å². The van der Waals surface area contributed by atoms with Gasteiger partial charge in [-0.05, 0) is 41.1 Å². The highest BCUT2D eigenvalue weighted by atomic mass is 127. The van der Waals surface area contributed by atoms with Crippen molar-refractivity contribution in [3.8, 4) is 5.88 Å². The Morgan fingerprint density at radius 2 is 2.11 bits per heavy atom. The summed E-state index contributed by atoms with van der Waals surface area (Å²) in [7, 11) is 1.19. The molecular formula is C10H9F3INO3. The van der Waals surface area contributed by atoms with E-state index in [1.54, 1.807) is 29.5 Å². The normalized spacial score (nSPS) is 11.2. The third kappa shape index (κ3) is 4.31. The lowest BCUT2D eigenvalue weighted by atomic mass is 10.1. The summed E-state index contributed by atoms with van der Waals surface area (Å²) in [5, 5.41) is 0. The van der Waals surface area contributed by atoms with Gasteiger partial charge in [0.05, 0.1) is 22.8 Å². The summed E-state index contributed by atoms with van der Waals surface area (Å²) in [6, 6.07) is 1.47. The maximum absolute atomic E-state index is 12.1. The molecule has 0 atom stereocenters. The largest absolute Gasteiger partial charge is 0.574 e. The molecule has 0 fully saturated rings. The standard InChI is InChI=1S/C10H9F3INO3/c1-5-3-6(14)9(18-10(11,12)13)15-7(5)4-8(16)17-2/h3H,4H2,1-2H3. The second-order valence-corrected chi connectivity index (χ2v) is 4.50. The van der Waals surface area contributed by atoms with Crippen molar-refractivity contribution in [1.82, 2.24) is 4.98 Å². The summed E-state index contributed by atoms with van der Waals surface area (Å²) in [6.07, 6.45) is -5.02. The van der Waals surface area contributed by atoms with Crippen molar-refractivity contribution >= 4 is 28.6 Å². The van der Waals surface area contributed by atoms with E-state index in [1.165, 1.54) is 13.2 Å². The molecule has 0 aliphatic carbocycles. The predicted octanol–water partition coefficient (Wildman–Crippen LogP) is 2.61. The van der Waals surface area contributed by atoms with Crippen molar-refractivity contribution < 1.29 is 27.4 Å². The number of halogens is 4. The van der Waals surface area contributed by atoms with Gasteiger partial charge < -0.3 is 9.47 Å². The van der Waals surface area contributed by atoms with Gasteiger partial charge in [-0.3, -0.25) is 4.79 Å². The predicted molar refractivity (Wildman–Crippen MR) is 64.1 cm³/mol. The van der Waals surface area contributed by atoms with Gasteiger partial charge in [-0.15, -0.1) is 13.2 Å². The molecule has 8 heteroatoms. The van der Waals surface area contributed by atoms with E-state index in [4.69, 9.17) is 0 Å². The highest BCUT2D eigenvalue weighted by molar-refractivity contribution is 14.1. The number of hydrogen-bond acceptors (Lipinski definition) is 4. The molecule has 0 amide bonds. The first-order valence-corrected chi connectivity index (χ1v) is 5.79. The summed E-state index contributed by atoms with van der Waals surface area (Å²) in [4.78, 5) is 14.8. The molecule has 18 heavy (non-hydrogen) atoms. The molecule has 0 aromatic carbocycles. The van der Waals surface area contributed by atoms with Crippen LogP contribution in [0.2, 0.25) is 0 Å². The number of rotatable bonds is 3. The van der Waals surface area contributed by atoms with Crippen LogP contribution in [0.15, 0.2) is 6.07 Å². The average Bonchev–Trinajstić information content (AvgIpc) is 2.23. The minimum Gasteiger partial charge on any atom is -0.469 e. The van der Waals surface area contributed by atoms with Gasteiger partial charge in [-0.25, -0.2) is 4.98 Å². The molecular weight excluding hydrogens is 366 g/mol. The van der Waals surface area contributed by atoms with Crippen LogP contribution in [0.3, 0.4) is 0 Å². The molecule has 0 radical (unpaired) electrons. The van der Waals surface area contributed by atoms with Gasteiger partial charge in [0.15, 0.2) is 0 Å². The zero-order valence-electron chi connectivity index (χ0n) is 9.47. The minimum atomic E-state index is -4.81. The van der Waals surface area contributed by atoms with Crippen LogP contribution in [0.1, 0.15) is 11.3 Å². The van der Waals surface area contributed by atoms with Crippen molar-refractivity contribution in [3.63, 3.8) is 0 Å². The van der Waals surface area contributed by atoms with Gasteiger partial charge in [0, 0.05) is 0 Å². The summed E-state index contributed by atoms with van der Waals surface area (Å²) in [5.74, 6) is -1.14. The van der Waals surface area contributed by atoms with Gasteiger partial charge in [0.1, 0.15) is 0 Å². The Hall–Kier alpha value is -1.06. The molecule has 0 spiro atoms. The number of aromatic nitrogens is 1. The summed E-state index contributed by atoms with van der Waals surface area (Å²) >= 11 is 1.68. The topological polar surface area (TPSA) is 48.4 Å². The Kier molecular flexibility index (Phi) is 4.77. The number of hydrogen-bond donors (Lipinski definition) is 0. The molecule has 0 bridgehead atoms. The molecule has 4 nitrogen and oxygen atoms in total. The minimum absolute atomic E-state index is 0.196. The molecule has 0 N–H and O–H groups in total. The van der Waals surface area contributed by atoms with E-state index < -0.39 is 18.2 Å². The molecule has 1 aromatic rings. The van der Waals surface area contributed by atoms with E-state index in [0.717, 1.165) is 0 Å². The van der Waals surface area contributed by atoms with Crippen molar-refractivity contribution in [2.75, 3.05) is 7.11 Å². The van der Waals surface area contributed by atoms with Crippen molar-refractivity contribution in [1.29, 1.82) is 0 Å². The number of alkyl halides is 3. The van der Waals surface area contributed by atoms with Gasteiger partial charge in [0.2, 0.25) is 5.88 Å². The van der Waals surface area contributed by atoms with E-state index in [9.17, 15) is 18.0 Å². The zero-order chi connectivity index (χ0) is 13.9. The second kappa shape index (κ2) is 5.72. The van der Waals surface area contributed by atoms with Gasteiger partial charge in [-0.1, -0.05) is 0 Å². The number of esters is 1. The lowest BCUT2D eigenvalue weighted by Gasteiger charge is -2.12. The Morgan fingerprint density at radius 1 is 1.50 bits per heavy atom. The molecule has 0 aliphatic rings. The maximum Gasteiger partial charge on any atom is 0.574 e. The molecule has 0 saturated heterocycles. The number of nitrogens with zero attached hydrogens (tertiary/aromatic N) is 1.